The molecular weight excluding hydrogens is 427 g/mol. The Hall–Kier alpha value is -4.03. The molecule has 33 heavy (non-hydrogen) atoms. The predicted octanol–water partition coefficient (Wildman–Crippen LogP) is 3.14. The normalized spacial score (nSPS) is 15.9. The highest BCUT2D eigenvalue weighted by Gasteiger charge is 2.20. The van der Waals surface area contributed by atoms with E-state index >= 15 is 0 Å². The molecule has 1 fully saturated rings. The Morgan fingerprint density at radius 2 is 2.18 bits per heavy atom. The van der Waals surface area contributed by atoms with Gasteiger partial charge in [-0.1, -0.05) is 6.07 Å². The lowest BCUT2D eigenvalue weighted by Gasteiger charge is -2.12. The molecule has 1 aliphatic rings. The maximum Gasteiger partial charge on any atom is 0.269 e. The molecule has 0 unspecified atom stereocenters. The average Bonchev–Trinajstić information content (AvgIpc) is 3.33. The molecule has 3 aromatic rings. The van der Waals surface area contributed by atoms with Crippen molar-refractivity contribution < 1.29 is 18.7 Å². The van der Waals surface area contributed by atoms with Crippen LogP contribution in [0, 0.1) is 24.1 Å². The summed E-state index contributed by atoms with van der Waals surface area (Å²) >= 11 is 0. The number of halogens is 1. The first kappa shape index (κ1) is 22.2. The van der Waals surface area contributed by atoms with Crippen LogP contribution in [0.2, 0.25) is 0 Å². The van der Waals surface area contributed by atoms with Crippen molar-refractivity contribution in [3.8, 4) is 17.7 Å². The first-order chi connectivity index (χ1) is 16.0. The molecule has 0 saturated carbocycles. The number of rotatable bonds is 6. The summed E-state index contributed by atoms with van der Waals surface area (Å²) in [7, 11) is 0. The molecule has 0 aliphatic carbocycles. The molecule has 1 amide bonds. The van der Waals surface area contributed by atoms with E-state index in [0.29, 0.717) is 12.3 Å². The zero-order valence-electron chi connectivity index (χ0n) is 17.9. The second-order valence-corrected chi connectivity index (χ2v) is 7.59. The van der Waals surface area contributed by atoms with Crippen LogP contribution in [0.25, 0.3) is 11.7 Å². The molecule has 1 saturated heterocycles. The number of amides is 1. The molecule has 0 spiro atoms. The van der Waals surface area contributed by atoms with E-state index in [1.165, 1.54) is 28.7 Å². The van der Waals surface area contributed by atoms with Crippen molar-refractivity contribution in [3.05, 3.63) is 75.5 Å². The van der Waals surface area contributed by atoms with Crippen LogP contribution in [0.1, 0.15) is 24.0 Å². The highest BCUT2D eigenvalue weighted by Crippen LogP contribution is 2.25. The summed E-state index contributed by atoms with van der Waals surface area (Å²) in [5.74, 6) is -0.924. The maximum atomic E-state index is 13.3. The lowest BCUT2D eigenvalue weighted by Crippen LogP contribution is -2.32. The van der Waals surface area contributed by atoms with Crippen molar-refractivity contribution in [2.24, 2.45) is 0 Å². The molecule has 1 aromatic carbocycles. The van der Waals surface area contributed by atoms with Gasteiger partial charge in [0.1, 0.15) is 34.4 Å². The Balaban J connectivity index is 1.75. The molecule has 9 heteroatoms. The highest BCUT2D eigenvalue weighted by molar-refractivity contribution is 6.01. The van der Waals surface area contributed by atoms with Gasteiger partial charge in [0, 0.05) is 19.3 Å². The number of nitriles is 1. The number of carbonyl (C=O) groups is 1. The molecule has 4 rings (SSSR count). The van der Waals surface area contributed by atoms with Crippen LogP contribution in [0.4, 0.5) is 4.39 Å². The SMILES string of the molecule is Cc1cccn2c(=O)c(/C=C(\C#N)C(=O)NC[C@@H]3CCCO3)c(Oc3ccc(F)cc3)nc12. The van der Waals surface area contributed by atoms with Crippen LogP contribution in [-0.4, -0.2) is 34.5 Å². The third-order valence-electron chi connectivity index (χ3n) is 5.25. The van der Waals surface area contributed by atoms with Gasteiger partial charge in [-0.25, -0.2) is 4.39 Å². The van der Waals surface area contributed by atoms with Gasteiger partial charge >= 0.3 is 0 Å². The topological polar surface area (TPSA) is 106 Å². The number of carbonyl (C=O) groups excluding carboxylic acids is 1. The van der Waals surface area contributed by atoms with Gasteiger partial charge < -0.3 is 14.8 Å². The summed E-state index contributed by atoms with van der Waals surface area (Å²) in [5, 5.41) is 12.3. The van der Waals surface area contributed by atoms with Gasteiger partial charge in [-0.05, 0) is 61.7 Å². The molecule has 0 bridgehead atoms. The molecule has 0 radical (unpaired) electrons. The number of hydrogen-bond acceptors (Lipinski definition) is 6. The molecular formula is C24H21FN4O4. The summed E-state index contributed by atoms with van der Waals surface area (Å²) in [5.41, 5.74) is 0.220. The van der Waals surface area contributed by atoms with Crippen molar-refractivity contribution in [3.63, 3.8) is 0 Å². The number of pyridine rings is 1. The third kappa shape index (κ3) is 4.91. The van der Waals surface area contributed by atoms with Crippen molar-refractivity contribution >= 4 is 17.6 Å². The van der Waals surface area contributed by atoms with Crippen molar-refractivity contribution in [2.45, 2.75) is 25.9 Å². The van der Waals surface area contributed by atoms with Crippen LogP contribution >= 0.6 is 0 Å². The zero-order valence-corrected chi connectivity index (χ0v) is 17.9. The standard InChI is InChI=1S/C24H21FN4O4/c1-15-4-2-10-29-21(15)28-23(33-18-8-6-17(25)7-9-18)20(24(29)31)12-16(13-26)22(30)27-14-19-5-3-11-32-19/h2,4,6-10,12,19H,3,5,11,14H2,1H3,(H,27,30)/b16-12+/t19-/m0/s1. The van der Waals surface area contributed by atoms with Crippen LogP contribution in [-0.2, 0) is 9.53 Å². The summed E-state index contributed by atoms with van der Waals surface area (Å²) in [6.45, 7) is 2.70. The molecule has 168 valence electrons. The molecule has 3 heterocycles. The summed E-state index contributed by atoms with van der Waals surface area (Å²) in [4.78, 5) is 30.3. The average molecular weight is 448 g/mol. The van der Waals surface area contributed by atoms with Crippen LogP contribution < -0.4 is 15.6 Å². The number of hydrogen-bond donors (Lipinski definition) is 1. The smallest absolute Gasteiger partial charge is 0.269 e. The van der Waals surface area contributed by atoms with Crippen LogP contribution in [0.15, 0.2) is 53.0 Å². The van der Waals surface area contributed by atoms with Crippen LogP contribution in [0.5, 0.6) is 11.6 Å². The number of benzene rings is 1. The first-order valence-electron chi connectivity index (χ1n) is 10.4. The number of aromatic nitrogens is 2. The molecule has 8 nitrogen and oxygen atoms in total. The first-order valence-corrected chi connectivity index (χ1v) is 10.4. The van der Waals surface area contributed by atoms with E-state index in [-0.39, 0.29) is 35.4 Å². The van der Waals surface area contributed by atoms with E-state index in [1.54, 1.807) is 25.3 Å². The molecule has 1 N–H and O–H groups in total. The summed E-state index contributed by atoms with van der Waals surface area (Å²) in [6.07, 6.45) is 4.36. The number of ether oxygens (including phenoxy) is 2. The minimum Gasteiger partial charge on any atom is -0.438 e. The van der Waals surface area contributed by atoms with Gasteiger partial charge in [0.15, 0.2) is 0 Å². The lowest BCUT2D eigenvalue weighted by atomic mass is 10.1. The Kier molecular flexibility index (Phi) is 6.47. The van der Waals surface area contributed by atoms with Gasteiger partial charge in [-0.15, -0.1) is 0 Å². The number of nitrogens with zero attached hydrogens (tertiary/aromatic N) is 3. The second kappa shape index (κ2) is 9.63. The fourth-order valence-corrected chi connectivity index (χ4v) is 3.51. The minimum atomic E-state index is -0.630. The van der Waals surface area contributed by atoms with Crippen molar-refractivity contribution in [2.75, 3.05) is 13.2 Å². The summed E-state index contributed by atoms with van der Waals surface area (Å²) in [6, 6.07) is 10.5. The van der Waals surface area contributed by atoms with E-state index in [9.17, 15) is 19.2 Å². The van der Waals surface area contributed by atoms with Crippen molar-refractivity contribution in [1.29, 1.82) is 5.26 Å². The number of nitrogens with one attached hydrogen (secondary N) is 1. The number of fused-ring (bicyclic) bond motifs is 1. The third-order valence-corrected chi connectivity index (χ3v) is 5.25. The largest absolute Gasteiger partial charge is 0.438 e. The monoisotopic (exact) mass is 448 g/mol. The molecule has 2 aromatic heterocycles. The lowest BCUT2D eigenvalue weighted by molar-refractivity contribution is -0.117. The molecule has 1 atom stereocenters. The van der Waals surface area contributed by atoms with Gasteiger partial charge in [0.2, 0.25) is 5.88 Å². The van der Waals surface area contributed by atoms with E-state index in [0.717, 1.165) is 24.5 Å². The molecule has 1 aliphatic heterocycles. The fourth-order valence-electron chi connectivity index (χ4n) is 3.51. The van der Waals surface area contributed by atoms with Gasteiger partial charge in [0.25, 0.3) is 11.5 Å². The fraction of sp³-hybridized carbons (Fsp3) is 0.250. The van der Waals surface area contributed by atoms with Gasteiger partial charge in [-0.3, -0.25) is 14.0 Å². The van der Waals surface area contributed by atoms with E-state index in [4.69, 9.17) is 9.47 Å². The highest BCUT2D eigenvalue weighted by atomic mass is 19.1. The van der Waals surface area contributed by atoms with E-state index in [2.05, 4.69) is 10.3 Å². The quantitative estimate of drug-likeness (QED) is 0.459. The van der Waals surface area contributed by atoms with E-state index in [1.807, 2.05) is 6.07 Å². The number of aryl methyl sites for hydroxylation is 1. The predicted molar refractivity (Wildman–Crippen MR) is 118 cm³/mol. The van der Waals surface area contributed by atoms with Gasteiger partial charge in [0.05, 0.1) is 6.10 Å². The van der Waals surface area contributed by atoms with E-state index < -0.39 is 17.3 Å². The Labute approximate surface area is 188 Å². The second-order valence-electron chi connectivity index (χ2n) is 7.59. The Morgan fingerprint density at radius 1 is 1.39 bits per heavy atom. The summed E-state index contributed by atoms with van der Waals surface area (Å²) < 4.78 is 25.9. The Bertz CT molecular complexity index is 1320. The maximum absolute atomic E-state index is 13.3. The van der Waals surface area contributed by atoms with Gasteiger partial charge in [-0.2, -0.15) is 10.2 Å². The Morgan fingerprint density at radius 3 is 2.88 bits per heavy atom. The zero-order chi connectivity index (χ0) is 23.4. The van der Waals surface area contributed by atoms with Crippen molar-refractivity contribution in [1.82, 2.24) is 14.7 Å². The van der Waals surface area contributed by atoms with Crippen LogP contribution in [0.3, 0.4) is 0 Å². The minimum absolute atomic E-state index is 0.0776.